The van der Waals surface area contributed by atoms with Crippen molar-refractivity contribution in [2.45, 2.75) is 25.3 Å². The fourth-order valence-corrected chi connectivity index (χ4v) is 4.62. The van der Waals surface area contributed by atoms with E-state index in [1.165, 1.54) is 0 Å². The Morgan fingerprint density at radius 2 is 1.84 bits per heavy atom. The first-order valence-corrected chi connectivity index (χ1v) is 11.9. The van der Waals surface area contributed by atoms with Crippen LogP contribution < -0.4 is 5.73 Å². The lowest BCUT2D eigenvalue weighted by atomic mass is 9.89. The number of rotatable bonds is 6. The average molecular weight is 467 g/mol. The summed E-state index contributed by atoms with van der Waals surface area (Å²) in [5, 5.41) is 0.648. The molecule has 1 atom stereocenters. The SMILES string of the molecule is CC(c1cccc(C[SH](=O)=O)c1)N1C=C(c2ccc(Cl)cc2)c2cc(C(N)=O)ccc2C1. The Bertz CT molecular complexity index is 1270. The third-order valence-electron chi connectivity index (χ3n) is 5.73. The lowest BCUT2D eigenvalue weighted by molar-refractivity contribution is 0.1000. The van der Waals surface area contributed by atoms with E-state index in [2.05, 4.69) is 18.0 Å². The lowest BCUT2D eigenvalue weighted by Gasteiger charge is -2.34. The number of fused-ring (bicyclic) bond motifs is 1. The number of amides is 1. The van der Waals surface area contributed by atoms with Crippen molar-refractivity contribution in [3.05, 3.63) is 111 Å². The maximum absolute atomic E-state index is 11.8. The zero-order valence-corrected chi connectivity index (χ0v) is 19.1. The summed E-state index contributed by atoms with van der Waals surface area (Å²) in [4.78, 5) is 14.0. The summed E-state index contributed by atoms with van der Waals surface area (Å²) in [6.07, 6.45) is 2.09. The van der Waals surface area contributed by atoms with Crippen LogP contribution in [-0.4, -0.2) is 19.2 Å². The fourth-order valence-electron chi connectivity index (χ4n) is 4.00. The summed E-state index contributed by atoms with van der Waals surface area (Å²) in [5.41, 5.74) is 11.8. The summed E-state index contributed by atoms with van der Waals surface area (Å²) >= 11 is 6.09. The van der Waals surface area contributed by atoms with Crippen LogP contribution in [0.15, 0.2) is 72.9 Å². The van der Waals surface area contributed by atoms with Gasteiger partial charge in [0.2, 0.25) is 5.91 Å². The topological polar surface area (TPSA) is 80.5 Å². The number of hydrogen-bond acceptors (Lipinski definition) is 4. The standard InChI is InChI=1S/C25H23ClN2O3S/c1-16(19-4-2-3-17(11-19)15-32(30)31)28-13-21-6-5-20(25(27)29)12-23(21)24(14-28)18-7-9-22(26)10-8-18/h2-12,14,16,32H,13,15H2,1H3,(H2,27,29). The van der Waals surface area contributed by atoms with Crippen molar-refractivity contribution in [2.75, 3.05) is 0 Å². The predicted octanol–water partition coefficient (Wildman–Crippen LogP) is 4.52. The average Bonchev–Trinajstić information content (AvgIpc) is 2.77. The molecule has 0 aliphatic carbocycles. The molecule has 0 aromatic heterocycles. The Hall–Kier alpha value is -3.09. The molecule has 1 amide bonds. The predicted molar refractivity (Wildman–Crippen MR) is 128 cm³/mol. The first-order chi connectivity index (χ1) is 15.3. The normalized spacial score (nSPS) is 14.1. The van der Waals surface area contributed by atoms with E-state index in [1.807, 2.05) is 60.7 Å². The number of hydrogen-bond donors (Lipinski definition) is 2. The Kier molecular flexibility index (Phi) is 6.35. The van der Waals surface area contributed by atoms with Crippen LogP contribution >= 0.6 is 11.6 Å². The van der Waals surface area contributed by atoms with Crippen LogP contribution in [-0.2, 0) is 23.0 Å². The zero-order chi connectivity index (χ0) is 22.8. The van der Waals surface area contributed by atoms with Crippen LogP contribution in [0.4, 0.5) is 0 Å². The van der Waals surface area contributed by atoms with Gasteiger partial charge in [0.1, 0.15) is 10.7 Å². The molecule has 3 aromatic carbocycles. The van der Waals surface area contributed by atoms with Crippen molar-refractivity contribution in [1.82, 2.24) is 4.90 Å². The van der Waals surface area contributed by atoms with Gasteiger partial charge in [-0.15, -0.1) is 0 Å². The van der Waals surface area contributed by atoms with Gasteiger partial charge in [-0.2, -0.15) is 0 Å². The van der Waals surface area contributed by atoms with Crippen molar-refractivity contribution < 1.29 is 13.2 Å². The van der Waals surface area contributed by atoms with Crippen molar-refractivity contribution in [3.63, 3.8) is 0 Å². The summed E-state index contributed by atoms with van der Waals surface area (Å²) in [6.45, 7) is 2.74. The Morgan fingerprint density at radius 1 is 1.09 bits per heavy atom. The molecule has 1 aliphatic heterocycles. The third-order valence-corrected chi connectivity index (χ3v) is 6.61. The van der Waals surface area contributed by atoms with E-state index in [-0.39, 0.29) is 11.8 Å². The van der Waals surface area contributed by atoms with Gasteiger partial charge >= 0.3 is 0 Å². The van der Waals surface area contributed by atoms with Crippen LogP contribution in [0, 0.1) is 0 Å². The third kappa shape index (κ3) is 4.71. The number of thiol groups is 1. The van der Waals surface area contributed by atoms with Crippen LogP contribution in [0.3, 0.4) is 0 Å². The number of nitrogens with two attached hydrogens (primary N) is 1. The number of carbonyl (C=O) groups is 1. The molecule has 4 rings (SSSR count). The molecule has 1 unspecified atom stereocenters. The second kappa shape index (κ2) is 9.18. The van der Waals surface area contributed by atoms with Gasteiger partial charge in [-0.25, -0.2) is 8.42 Å². The summed E-state index contributed by atoms with van der Waals surface area (Å²) in [5.74, 6) is -0.437. The largest absolute Gasteiger partial charge is 0.366 e. The van der Waals surface area contributed by atoms with E-state index < -0.39 is 16.6 Å². The molecular formula is C25H23ClN2O3S. The van der Waals surface area contributed by atoms with Gasteiger partial charge in [0.15, 0.2) is 0 Å². The first-order valence-electron chi connectivity index (χ1n) is 10.2. The van der Waals surface area contributed by atoms with E-state index in [4.69, 9.17) is 17.3 Å². The summed E-state index contributed by atoms with van der Waals surface area (Å²) < 4.78 is 22.3. The second-order valence-electron chi connectivity index (χ2n) is 7.87. The minimum Gasteiger partial charge on any atom is -0.366 e. The van der Waals surface area contributed by atoms with Gasteiger partial charge in [-0.05, 0) is 59.0 Å². The molecule has 0 radical (unpaired) electrons. The minimum atomic E-state index is -2.48. The van der Waals surface area contributed by atoms with Gasteiger partial charge in [-0.3, -0.25) is 4.79 Å². The Balaban J connectivity index is 1.77. The fraction of sp³-hybridized carbons (Fsp3) is 0.160. The van der Waals surface area contributed by atoms with Crippen LogP contribution in [0.2, 0.25) is 5.02 Å². The van der Waals surface area contributed by atoms with Gasteiger partial charge in [0, 0.05) is 28.9 Å². The van der Waals surface area contributed by atoms with Gasteiger partial charge in [0.25, 0.3) is 0 Å². The lowest BCUT2D eigenvalue weighted by Crippen LogP contribution is -2.26. The molecule has 32 heavy (non-hydrogen) atoms. The first kappa shape index (κ1) is 22.1. The number of halogens is 1. The van der Waals surface area contributed by atoms with Crippen molar-refractivity contribution >= 4 is 33.8 Å². The quantitative estimate of drug-likeness (QED) is 0.523. The van der Waals surface area contributed by atoms with Crippen LogP contribution in [0.25, 0.3) is 5.57 Å². The number of carbonyl (C=O) groups excluding carboxylic acids is 1. The van der Waals surface area contributed by atoms with Crippen molar-refractivity contribution in [1.29, 1.82) is 0 Å². The van der Waals surface area contributed by atoms with Gasteiger partial charge in [0.05, 0.1) is 11.8 Å². The van der Waals surface area contributed by atoms with E-state index in [0.29, 0.717) is 17.1 Å². The number of primary amides is 1. The van der Waals surface area contributed by atoms with E-state index >= 15 is 0 Å². The highest BCUT2D eigenvalue weighted by atomic mass is 35.5. The van der Waals surface area contributed by atoms with Gasteiger partial charge < -0.3 is 10.6 Å². The monoisotopic (exact) mass is 466 g/mol. The molecular weight excluding hydrogens is 444 g/mol. The van der Waals surface area contributed by atoms with Gasteiger partial charge in [-0.1, -0.05) is 54.1 Å². The highest BCUT2D eigenvalue weighted by Crippen LogP contribution is 2.36. The highest BCUT2D eigenvalue weighted by Gasteiger charge is 2.23. The minimum absolute atomic E-state index is 0.00532. The molecule has 0 spiro atoms. The maximum Gasteiger partial charge on any atom is 0.248 e. The Labute approximate surface area is 194 Å². The van der Waals surface area contributed by atoms with E-state index in [9.17, 15) is 13.2 Å². The van der Waals surface area contributed by atoms with Crippen molar-refractivity contribution in [2.24, 2.45) is 5.73 Å². The molecule has 164 valence electrons. The molecule has 1 heterocycles. The highest BCUT2D eigenvalue weighted by molar-refractivity contribution is 7.71. The van der Waals surface area contributed by atoms with E-state index in [0.717, 1.165) is 33.4 Å². The smallest absolute Gasteiger partial charge is 0.248 e. The van der Waals surface area contributed by atoms with Crippen molar-refractivity contribution in [3.8, 4) is 0 Å². The van der Waals surface area contributed by atoms with Crippen LogP contribution in [0.5, 0.6) is 0 Å². The number of nitrogens with zero attached hydrogens (tertiary/aromatic N) is 1. The molecule has 0 saturated carbocycles. The van der Waals surface area contributed by atoms with E-state index in [1.54, 1.807) is 6.07 Å². The molecule has 1 aliphatic rings. The molecule has 7 heteroatoms. The van der Waals surface area contributed by atoms with Crippen LogP contribution in [0.1, 0.15) is 51.1 Å². The Morgan fingerprint density at radius 3 is 2.53 bits per heavy atom. The number of benzene rings is 3. The molecule has 0 fully saturated rings. The molecule has 0 saturated heterocycles. The molecule has 5 nitrogen and oxygen atoms in total. The zero-order valence-electron chi connectivity index (χ0n) is 17.5. The summed E-state index contributed by atoms with van der Waals surface area (Å²) in [6, 6.07) is 20.8. The maximum atomic E-state index is 11.8. The molecule has 3 aromatic rings. The summed E-state index contributed by atoms with van der Waals surface area (Å²) in [7, 11) is -2.48. The molecule has 2 N–H and O–H groups in total. The second-order valence-corrected chi connectivity index (χ2v) is 9.29. The molecule has 0 bridgehead atoms.